The number of oxime groups is 1. The Balaban J connectivity index is 1.54. The maximum atomic E-state index is 13.1. The Bertz CT molecular complexity index is 1300. The number of hydrogen-bond acceptors (Lipinski definition) is 12. The average Bonchev–Trinajstić information content (AvgIpc) is 3.49. The highest BCUT2D eigenvalue weighted by molar-refractivity contribution is 7.86. The number of thiazole rings is 1. The number of aromatic amines is 1. The van der Waals surface area contributed by atoms with Gasteiger partial charge < -0.3 is 30.7 Å². The lowest BCUT2D eigenvalue weighted by Gasteiger charge is -2.48. The zero-order valence-corrected chi connectivity index (χ0v) is 20.1. The lowest BCUT2D eigenvalue weighted by Crippen LogP contribution is -2.74. The number of β-lactam (4-membered cyclic amide) rings is 1. The number of nitrogens with two attached hydrogens (primary N) is 1. The highest BCUT2D eigenvalue weighted by atomic mass is 32.2. The van der Waals surface area contributed by atoms with Crippen LogP contribution in [0.4, 0.5) is 5.13 Å². The van der Waals surface area contributed by atoms with Gasteiger partial charge in [-0.25, -0.2) is 14.8 Å². The first-order valence-corrected chi connectivity index (χ1v) is 12.4. The van der Waals surface area contributed by atoms with E-state index in [1.807, 2.05) is 0 Å². The quantitative estimate of drug-likeness (QED) is 0.127. The molecule has 2 aliphatic rings. The van der Waals surface area contributed by atoms with E-state index in [0.717, 1.165) is 23.2 Å². The molecule has 0 spiro atoms. The van der Waals surface area contributed by atoms with Gasteiger partial charge in [0.05, 0.1) is 16.6 Å². The molecule has 0 saturated carbocycles. The van der Waals surface area contributed by atoms with Gasteiger partial charge in [-0.05, 0) is 0 Å². The predicted octanol–water partition coefficient (Wildman–Crippen LogP) is -1.31. The first kappa shape index (κ1) is 25.0. The summed E-state index contributed by atoms with van der Waals surface area (Å²) in [5, 5.41) is 16.4. The number of carboxylic acid groups (broad SMARTS) is 1. The molecule has 15 nitrogen and oxygen atoms in total. The predicted molar refractivity (Wildman–Crippen MR) is 123 cm³/mol. The fraction of sp³-hybridized carbons (Fsp3) is 0.316. The summed E-state index contributed by atoms with van der Waals surface area (Å²) in [6.45, 7) is 0.618. The van der Waals surface area contributed by atoms with E-state index in [1.165, 1.54) is 11.6 Å². The Kier molecular flexibility index (Phi) is 7.11. The number of nitrogen functional groups attached to an aromatic ring is 1. The van der Waals surface area contributed by atoms with Crippen LogP contribution in [-0.4, -0.2) is 82.4 Å². The number of aromatic nitrogens is 3. The number of H-pyrrole nitrogens is 1. The number of amides is 2. The van der Waals surface area contributed by atoms with E-state index in [9.17, 15) is 28.5 Å². The van der Waals surface area contributed by atoms with Crippen LogP contribution in [-0.2, 0) is 46.2 Å². The van der Waals surface area contributed by atoms with Crippen LogP contribution in [0, 0.1) is 0 Å². The van der Waals surface area contributed by atoms with Crippen LogP contribution in [0.5, 0.6) is 0 Å². The van der Waals surface area contributed by atoms with Crippen molar-refractivity contribution in [3.63, 3.8) is 0 Å². The number of anilines is 1. The number of carbonyl (C=O) groups is 4. The van der Waals surface area contributed by atoms with Crippen molar-refractivity contribution in [1.29, 1.82) is 0 Å². The molecule has 2 aromatic heterocycles. The van der Waals surface area contributed by atoms with Gasteiger partial charge >= 0.3 is 11.9 Å². The summed E-state index contributed by atoms with van der Waals surface area (Å²) < 4.78 is 17.7. The Morgan fingerprint density at radius 1 is 1.42 bits per heavy atom. The first-order chi connectivity index (χ1) is 17.2. The molecular weight excluding hydrogens is 518 g/mol. The van der Waals surface area contributed by atoms with Crippen LogP contribution in [0.25, 0.3) is 0 Å². The minimum absolute atomic E-state index is 0.0249. The monoisotopic (exact) mass is 537 g/mol. The second-order valence-corrected chi connectivity index (χ2v) is 9.86. The molecule has 2 aromatic rings. The van der Waals surface area contributed by atoms with Crippen LogP contribution in [0.3, 0.4) is 0 Å². The molecule has 36 heavy (non-hydrogen) atoms. The molecule has 2 amide bonds. The highest BCUT2D eigenvalue weighted by Gasteiger charge is 2.57. The molecule has 4 rings (SSSR count). The maximum absolute atomic E-state index is 13.1. The number of hydrogen-bond donors (Lipinski definition) is 4. The summed E-state index contributed by atoms with van der Waals surface area (Å²) >= 11 is 1.05. The van der Waals surface area contributed by atoms with E-state index in [1.54, 1.807) is 6.20 Å². The number of aliphatic carboxylic acids is 1. The molecule has 0 aliphatic carbocycles. The van der Waals surface area contributed by atoms with Crippen LogP contribution in [0.15, 0.2) is 34.2 Å². The smallest absolute Gasteiger partial charge is 0.352 e. The fourth-order valence-electron chi connectivity index (χ4n) is 3.50. The van der Waals surface area contributed by atoms with Gasteiger partial charge in [-0.3, -0.25) is 23.5 Å². The van der Waals surface area contributed by atoms with Gasteiger partial charge in [-0.2, -0.15) is 0 Å². The third-order valence-corrected chi connectivity index (χ3v) is 7.36. The SMILES string of the molecule is CC(=O)OCC1=C(C(=O)O)N2C(=O)[C@@H](NC(=O)C(=NOCc3ncc[nH]3)c3csc(N)n3)[C@H]2[S@@](=O)C1. The molecule has 3 atom stereocenters. The molecule has 0 aromatic carbocycles. The molecule has 1 fully saturated rings. The zero-order chi connectivity index (χ0) is 26.0. The van der Waals surface area contributed by atoms with Crippen LogP contribution in [0.2, 0.25) is 0 Å². The topological polar surface area (TPSA) is 219 Å². The molecule has 2 aliphatic heterocycles. The third-order valence-electron chi connectivity index (χ3n) is 5.04. The van der Waals surface area contributed by atoms with E-state index in [4.69, 9.17) is 15.3 Å². The van der Waals surface area contributed by atoms with Crippen molar-refractivity contribution in [2.75, 3.05) is 18.1 Å². The van der Waals surface area contributed by atoms with Crippen LogP contribution in [0.1, 0.15) is 18.4 Å². The van der Waals surface area contributed by atoms with Gasteiger partial charge in [0, 0.05) is 30.3 Å². The molecule has 17 heteroatoms. The summed E-state index contributed by atoms with van der Waals surface area (Å²) in [4.78, 5) is 65.7. The van der Waals surface area contributed by atoms with Crippen molar-refractivity contribution in [3.05, 3.63) is 40.6 Å². The van der Waals surface area contributed by atoms with Gasteiger partial charge in [0.2, 0.25) is 0 Å². The van der Waals surface area contributed by atoms with Crippen molar-refractivity contribution >= 4 is 56.7 Å². The van der Waals surface area contributed by atoms with Crippen LogP contribution < -0.4 is 11.1 Å². The van der Waals surface area contributed by atoms with Gasteiger partial charge in [0.25, 0.3) is 11.8 Å². The molecule has 0 radical (unpaired) electrons. The lowest BCUT2D eigenvalue weighted by atomic mass is 10.0. The van der Waals surface area contributed by atoms with Crippen molar-refractivity contribution in [1.82, 2.24) is 25.2 Å². The van der Waals surface area contributed by atoms with E-state index in [0.29, 0.717) is 5.82 Å². The van der Waals surface area contributed by atoms with Gasteiger partial charge in [-0.1, -0.05) is 5.16 Å². The largest absolute Gasteiger partial charge is 0.477 e. The van der Waals surface area contributed by atoms with Crippen molar-refractivity contribution in [2.24, 2.45) is 5.16 Å². The van der Waals surface area contributed by atoms with Crippen molar-refractivity contribution in [2.45, 2.75) is 24.9 Å². The molecule has 4 heterocycles. The Labute approximate surface area is 208 Å². The van der Waals surface area contributed by atoms with E-state index in [-0.39, 0.29) is 34.5 Å². The average molecular weight is 538 g/mol. The zero-order valence-electron chi connectivity index (χ0n) is 18.5. The summed E-state index contributed by atoms with van der Waals surface area (Å²) in [7, 11) is -1.80. The van der Waals surface area contributed by atoms with E-state index >= 15 is 0 Å². The van der Waals surface area contributed by atoms with Crippen LogP contribution >= 0.6 is 11.3 Å². The second-order valence-electron chi connectivity index (χ2n) is 7.43. The molecule has 1 saturated heterocycles. The second kappa shape index (κ2) is 10.2. The van der Waals surface area contributed by atoms with Crippen molar-refractivity contribution in [3.8, 4) is 0 Å². The van der Waals surface area contributed by atoms with Gasteiger partial charge in [-0.15, -0.1) is 11.3 Å². The number of rotatable bonds is 9. The van der Waals surface area contributed by atoms with Gasteiger partial charge in [0.15, 0.2) is 17.5 Å². The number of nitrogens with zero attached hydrogens (tertiary/aromatic N) is 4. The summed E-state index contributed by atoms with van der Waals surface area (Å²) in [5.74, 6) is -3.61. The fourth-order valence-corrected chi connectivity index (χ4v) is 5.71. The normalized spacial score (nSPS) is 21.5. The highest BCUT2D eigenvalue weighted by Crippen LogP contribution is 2.35. The summed E-state index contributed by atoms with van der Waals surface area (Å²) in [6.07, 6.45) is 3.08. The first-order valence-electron chi connectivity index (χ1n) is 10.2. The molecular formula is C19H19N7O8S2. The number of ether oxygens (including phenoxy) is 1. The van der Waals surface area contributed by atoms with E-state index in [2.05, 4.69) is 25.4 Å². The lowest BCUT2D eigenvalue weighted by molar-refractivity contribution is -0.150. The summed E-state index contributed by atoms with van der Waals surface area (Å²) in [5.41, 5.74) is 5.04. The number of imidazole rings is 1. The number of esters is 1. The standard InChI is InChI=1S/C19H19N7O8S2/c1-8(27)33-4-9-7-36(32)17-13(16(29)26(17)14(9)18(30)31)24-15(28)12(10-6-35-19(20)23-10)25-34-5-11-21-2-3-22-11/h2-3,6,13,17H,4-5,7H2,1H3,(H2,20,23)(H,21,22)(H,24,28)(H,30,31)/t13-,17-,36+/m1/s1. The number of nitrogens with one attached hydrogen (secondary N) is 2. The molecule has 0 bridgehead atoms. The number of carbonyl (C=O) groups excluding carboxylic acids is 3. The summed E-state index contributed by atoms with van der Waals surface area (Å²) in [6, 6.07) is -1.30. The van der Waals surface area contributed by atoms with Crippen molar-refractivity contribution < 1.29 is 38.1 Å². The Morgan fingerprint density at radius 3 is 2.81 bits per heavy atom. The Morgan fingerprint density at radius 2 is 2.19 bits per heavy atom. The third kappa shape index (κ3) is 4.96. The van der Waals surface area contributed by atoms with Gasteiger partial charge in [0.1, 0.15) is 35.2 Å². The minimum Gasteiger partial charge on any atom is -0.477 e. The number of fused-ring (bicyclic) bond motifs is 1. The maximum Gasteiger partial charge on any atom is 0.352 e. The molecule has 190 valence electrons. The van der Waals surface area contributed by atoms with E-state index < -0.39 is 58.3 Å². The minimum atomic E-state index is -1.80. The molecule has 5 N–H and O–H groups in total. The Hall–Kier alpha value is -4.12. The molecule has 0 unspecified atom stereocenters. The number of carboxylic acids is 1.